The Morgan fingerprint density at radius 3 is 1.90 bits per heavy atom. The van der Waals surface area contributed by atoms with Crippen LogP contribution in [0.15, 0.2) is 23.5 Å². The topological polar surface area (TPSA) is 289 Å². The number of Topliss-reactive ketones (excluding diaryl/α,β-unsaturated/α-hetero) is 1. The van der Waals surface area contributed by atoms with Crippen LogP contribution in [0.4, 0.5) is 0 Å². The van der Waals surface area contributed by atoms with Crippen molar-refractivity contribution < 1.29 is 125 Å². The van der Waals surface area contributed by atoms with Gasteiger partial charge in [0.15, 0.2) is 37.2 Å². The molecule has 0 radical (unpaired) electrons. The third kappa shape index (κ3) is 14.5. The molecule has 7 saturated heterocycles. The number of carbonyl (C=O) groups is 2. The minimum absolute atomic E-state index is 0.0121. The average molecular weight is 1380 g/mol. The number of aliphatic hydroxyl groups excluding tert-OH is 2. The Bertz CT molecular complexity index is 2750. The molecule has 26 nitrogen and oxygen atoms in total. The highest BCUT2D eigenvalue weighted by atomic mass is 17.2. The lowest BCUT2D eigenvalue weighted by Crippen LogP contribution is -2.62. The molecule has 4 aliphatic carbocycles. The molecule has 34 atom stereocenters. The maximum Gasteiger partial charge on any atom is 0.302 e. The molecule has 26 heteroatoms. The fourth-order valence-corrected chi connectivity index (χ4v) is 19.5. The number of methoxy groups -OCH3 is 4. The molecule has 0 aromatic heterocycles. The summed E-state index contributed by atoms with van der Waals surface area (Å²) >= 11 is 0. The van der Waals surface area contributed by atoms with E-state index in [0.29, 0.717) is 25.2 Å². The molecule has 0 aromatic carbocycles. The van der Waals surface area contributed by atoms with Crippen LogP contribution in [0.25, 0.3) is 0 Å². The van der Waals surface area contributed by atoms with Gasteiger partial charge in [0.1, 0.15) is 49.3 Å². The number of hydrogen-bond acceptors (Lipinski definition) is 26. The molecule has 12 rings (SSSR count). The van der Waals surface area contributed by atoms with Crippen molar-refractivity contribution in [3.63, 3.8) is 0 Å². The Morgan fingerprint density at radius 2 is 1.26 bits per heavy atom. The maximum absolute atomic E-state index is 13.1. The number of fused-ring (bicyclic) bond motifs is 6. The molecule has 0 aromatic rings. The van der Waals surface area contributed by atoms with Crippen LogP contribution in [-0.4, -0.2) is 239 Å². The van der Waals surface area contributed by atoms with Crippen molar-refractivity contribution in [2.45, 2.75) is 350 Å². The summed E-state index contributed by atoms with van der Waals surface area (Å²) in [7, 11) is 6.23. The van der Waals surface area contributed by atoms with Gasteiger partial charge in [-0.15, -0.1) is 0 Å². The lowest BCUT2D eigenvalue weighted by atomic mass is 9.41. The molecule has 3 N–H and O–H groups in total. The highest BCUT2D eigenvalue weighted by Crippen LogP contribution is 2.72. The van der Waals surface area contributed by atoms with Crippen molar-refractivity contribution >= 4 is 11.8 Å². The second kappa shape index (κ2) is 29.6. The lowest BCUT2D eigenvalue weighted by Gasteiger charge is -2.64. The Morgan fingerprint density at radius 1 is 0.639 bits per heavy atom. The van der Waals surface area contributed by atoms with E-state index in [2.05, 4.69) is 26.8 Å². The summed E-state index contributed by atoms with van der Waals surface area (Å²) < 4.78 is 119. The average Bonchev–Trinajstić information content (AvgIpc) is 1.67. The molecular formula is C71H112O26. The first kappa shape index (κ1) is 74.3. The van der Waals surface area contributed by atoms with Gasteiger partial charge >= 0.3 is 5.97 Å². The molecule has 8 aliphatic heterocycles. The first-order valence-corrected chi connectivity index (χ1v) is 35.9. The number of carbonyl (C=O) groups excluding carboxylic acids is 2. The van der Waals surface area contributed by atoms with E-state index < -0.39 is 176 Å². The fraction of sp³-hybridized carbons (Fsp3) is 0.915. The summed E-state index contributed by atoms with van der Waals surface area (Å²) in [6.07, 6.45) is -5.13. The number of rotatable bonds is 18. The first-order valence-electron chi connectivity index (χ1n) is 35.9. The van der Waals surface area contributed by atoms with Crippen LogP contribution in [0.1, 0.15) is 173 Å². The molecule has 8 heterocycles. The normalized spacial score (nSPS) is 51.4. The molecule has 1 spiro atoms. The van der Waals surface area contributed by atoms with Gasteiger partial charge in [-0.1, -0.05) is 32.4 Å². The molecule has 0 bridgehead atoms. The maximum atomic E-state index is 13.1. The minimum Gasteiger partial charge on any atom is -0.493 e. The Hall–Kier alpha value is -2.46. The van der Waals surface area contributed by atoms with E-state index in [1.54, 1.807) is 41.3 Å². The summed E-state index contributed by atoms with van der Waals surface area (Å²) in [5, 5.41) is 36.3. The van der Waals surface area contributed by atoms with E-state index in [1.807, 2.05) is 41.5 Å². The molecule has 12 aliphatic rings. The number of ether oxygens (including phenoxy) is 19. The standard InChI is InChI=1S/C71H112O26/c1-34-25-48(77-13)59(75)66(82-34)90-44-18-22-67(10)43(26-44)17-21-68(11)53(67)19-23-69(12)54(68)20-24-71(69,76)41(8)88-57-31-50-64(39(6)86-57)96-97-70(33-81-50)32-52(80-16)63(40(7)95-70)93-56-28-46(74)60(36(3)84-56)91-55-27-45(73)61(37(4)83-55)92-58-30-49(78-14)62(38(5)85-58)94-65-51(79-15)29-47(35(2)87-65)89-42(9)72/h17,25,34-41,44-47,49-58,60-66,73-74,76H,18-24,26-33H2,1-16H3. The van der Waals surface area contributed by atoms with Gasteiger partial charge in [0.2, 0.25) is 12.1 Å². The summed E-state index contributed by atoms with van der Waals surface area (Å²) in [6.45, 7) is 23.5. The second-order valence-corrected chi connectivity index (χ2v) is 30.8. The van der Waals surface area contributed by atoms with Crippen molar-refractivity contribution in [1.82, 2.24) is 0 Å². The van der Waals surface area contributed by atoms with Gasteiger partial charge in [0.05, 0.1) is 98.2 Å². The quantitative estimate of drug-likeness (QED) is 0.0719. The van der Waals surface area contributed by atoms with Gasteiger partial charge in [-0.2, -0.15) is 4.89 Å². The Kier molecular flexibility index (Phi) is 22.7. The number of hydrogen-bond donors (Lipinski definition) is 3. The number of esters is 1. The van der Waals surface area contributed by atoms with E-state index in [-0.39, 0.29) is 72.8 Å². The predicted octanol–water partition coefficient (Wildman–Crippen LogP) is 6.84. The summed E-state index contributed by atoms with van der Waals surface area (Å²) in [5.41, 5.74) is -0.183. The Labute approximate surface area is 571 Å². The number of ketones is 1. The molecule has 97 heavy (non-hydrogen) atoms. The van der Waals surface area contributed by atoms with E-state index >= 15 is 0 Å². The van der Waals surface area contributed by atoms with Crippen LogP contribution in [0.2, 0.25) is 0 Å². The molecular weight excluding hydrogens is 1270 g/mol. The van der Waals surface area contributed by atoms with Crippen molar-refractivity contribution in [3.8, 4) is 0 Å². The number of aliphatic hydroxyl groups is 3. The van der Waals surface area contributed by atoms with Crippen molar-refractivity contribution in [1.29, 1.82) is 0 Å². The van der Waals surface area contributed by atoms with E-state index in [4.69, 9.17) is 99.8 Å². The highest BCUT2D eigenvalue weighted by molar-refractivity contribution is 5.96. The number of allylic oxidation sites excluding steroid dienone is 1. The van der Waals surface area contributed by atoms with E-state index in [9.17, 15) is 24.9 Å². The van der Waals surface area contributed by atoms with Crippen molar-refractivity contribution in [2.75, 3.05) is 35.0 Å². The third-order valence-corrected chi connectivity index (χ3v) is 24.8. The molecule has 34 unspecified atom stereocenters. The van der Waals surface area contributed by atoms with Crippen molar-refractivity contribution in [2.24, 2.45) is 28.1 Å². The fourth-order valence-electron chi connectivity index (χ4n) is 19.5. The summed E-state index contributed by atoms with van der Waals surface area (Å²) in [6, 6.07) is 0. The van der Waals surface area contributed by atoms with Crippen molar-refractivity contribution in [3.05, 3.63) is 23.5 Å². The SMILES string of the molecule is COC1=CC(C)OC(OC2CCC3(C)C(=CCC4(C)C3CCC3(C)C4CCC3(O)C(C)OC3CC4OCC5(CC(OC)C(OC6CC(O)C(OC7CC(O)C(OC8CC(OC)C(OC9OC(C)C(OC(C)=O)CC9OC)C(C)O8)C(C)O7)C(C)O6)C(C)O5)OOC4C(C)O3)C2)C1=O. The molecule has 552 valence electrons. The van der Waals surface area contributed by atoms with Gasteiger partial charge in [-0.05, 0) is 135 Å². The highest BCUT2D eigenvalue weighted by Gasteiger charge is 2.70. The van der Waals surface area contributed by atoms with Crippen LogP contribution in [0.5, 0.6) is 0 Å². The molecule has 0 amide bonds. The lowest BCUT2D eigenvalue weighted by molar-refractivity contribution is -0.472. The van der Waals surface area contributed by atoms with Crippen LogP contribution < -0.4 is 0 Å². The largest absolute Gasteiger partial charge is 0.493 e. The smallest absolute Gasteiger partial charge is 0.302 e. The zero-order valence-electron chi connectivity index (χ0n) is 59.7. The van der Waals surface area contributed by atoms with E-state index in [1.165, 1.54) is 19.6 Å². The predicted molar refractivity (Wildman–Crippen MR) is 339 cm³/mol. The van der Waals surface area contributed by atoms with Gasteiger partial charge in [-0.25, -0.2) is 4.89 Å². The van der Waals surface area contributed by atoms with E-state index in [0.717, 1.165) is 44.9 Å². The first-order chi connectivity index (χ1) is 46.0. The zero-order chi connectivity index (χ0) is 69.4. The third-order valence-electron chi connectivity index (χ3n) is 24.8. The van der Waals surface area contributed by atoms with Gasteiger partial charge in [-0.3, -0.25) is 9.59 Å². The Balaban J connectivity index is 0.597. The molecule has 10 fully saturated rings. The summed E-state index contributed by atoms with van der Waals surface area (Å²) in [5.74, 6) is -1.07. The van der Waals surface area contributed by atoms with Crippen LogP contribution in [0, 0.1) is 28.1 Å². The van der Waals surface area contributed by atoms with Gasteiger partial charge < -0.3 is 105 Å². The second-order valence-electron chi connectivity index (χ2n) is 30.8. The van der Waals surface area contributed by atoms with Gasteiger partial charge in [0.25, 0.3) is 5.78 Å². The monoisotopic (exact) mass is 1380 g/mol. The van der Waals surface area contributed by atoms with Crippen LogP contribution in [0.3, 0.4) is 0 Å². The molecule has 3 saturated carbocycles. The zero-order valence-corrected chi connectivity index (χ0v) is 59.7. The summed E-state index contributed by atoms with van der Waals surface area (Å²) in [4.78, 5) is 37.3. The van der Waals surface area contributed by atoms with Crippen LogP contribution >= 0.6 is 0 Å². The minimum atomic E-state index is -1.37. The van der Waals surface area contributed by atoms with Gasteiger partial charge in [0, 0.05) is 72.2 Å². The van der Waals surface area contributed by atoms with Crippen LogP contribution in [-0.2, 0) is 109 Å².